The molecule has 2 aromatic rings. The van der Waals surface area contributed by atoms with Crippen LogP contribution in [0.15, 0.2) is 30.5 Å². The molecular formula is C16H23N3O. The zero-order chi connectivity index (χ0) is 14.7. The number of rotatable bonds is 5. The number of nitrogens with one attached hydrogen (secondary N) is 1. The lowest BCUT2D eigenvalue weighted by Gasteiger charge is -2.22. The van der Waals surface area contributed by atoms with Crippen molar-refractivity contribution in [1.82, 2.24) is 15.1 Å². The van der Waals surface area contributed by atoms with E-state index in [1.807, 2.05) is 11.7 Å². The van der Waals surface area contributed by atoms with Crippen LogP contribution in [0.3, 0.4) is 0 Å². The molecule has 0 radical (unpaired) electrons. The van der Waals surface area contributed by atoms with Crippen molar-refractivity contribution in [2.45, 2.75) is 32.9 Å². The first kappa shape index (κ1) is 14.6. The maximum atomic E-state index is 5.50. The first-order valence-corrected chi connectivity index (χ1v) is 6.94. The topological polar surface area (TPSA) is 39.1 Å². The molecule has 108 valence electrons. The Labute approximate surface area is 120 Å². The summed E-state index contributed by atoms with van der Waals surface area (Å²) in [5.41, 5.74) is 3.57. The molecule has 20 heavy (non-hydrogen) atoms. The molecule has 1 aromatic heterocycles. The van der Waals surface area contributed by atoms with Gasteiger partial charge in [-0.3, -0.25) is 4.68 Å². The van der Waals surface area contributed by atoms with Gasteiger partial charge in [-0.15, -0.1) is 0 Å². The third-order valence-corrected chi connectivity index (χ3v) is 3.57. The van der Waals surface area contributed by atoms with Crippen molar-refractivity contribution in [3.63, 3.8) is 0 Å². The van der Waals surface area contributed by atoms with Crippen LogP contribution in [0.5, 0.6) is 5.75 Å². The molecule has 1 aromatic carbocycles. The van der Waals surface area contributed by atoms with Crippen LogP contribution >= 0.6 is 0 Å². The quantitative estimate of drug-likeness (QED) is 0.910. The minimum absolute atomic E-state index is 0.0658. The van der Waals surface area contributed by atoms with Crippen LogP contribution in [0.25, 0.3) is 0 Å². The summed E-state index contributed by atoms with van der Waals surface area (Å²) < 4.78 is 7.52. The Balaban J connectivity index is 2.57. The van der Waals surface area contributed by atoms with Gasteiger partial charge in [-0.25, -0.2) is 0 Å². The van der Waals surface area contributed by atoms with E-state index in [2.05, 4.69) is 55.5 Å². The van der Waals surface area contributed by atoms with Gasteiger partial charge < -0.3 is 10.1 Å². The average molecular weight is 273 g/mol. The van der Waals surface area contributed by atoms with Gasteiger partial charge in [-0.05, 0) is 38.9 Å². The van der Waals surface area contributed by atoms with Crippen molar-refractivity contribution in [1.29, 1.82) is 0 Å². The summed E-state index contributed by atoms with van der Waals surface area (Å²) in [6.45, 7) is 6.38. The molecule has 1 atom stereocenters. The maximum Gasteiger partial charge on any atom is 0.161 e. The average Bonchev–Trinajstić information content (AvgIpc) is 2.86. The zero-order valence-corrected chi connectivity index (χ0v) is 12.8. The fourth-order valence-electron chi connectivity index (χ4n) is 2.55. The molecule has 1 N–H and O–H groups in total. The number of hydrogen-bond acceptors (Lipinski definition) is 3. The standard InChI is InChI=1S/C16H23N3O/c1-11(2)19-16(14(20-5)10-18-19)15(17-4)13-9-7-6-8-12(13)3/h6-11,15,17H,1-5H3. The maximum absolute atomic E-state index is 5.50. The summed E-state index contributed by atoms with van der Waals surface area (Å²) in [7, 11) is 3.66. The highest BCUT2D eigenvalue weighted by molar-refractivity contribution is 5.40. The molecule has 2 rings (SSSR count). The molecule has 0 aliphatic heterocycles. The van der Waals surface area contributed by atoms with E-state index in [0.29, 0.717) is 0 Å². The second-order valence-corrected chi connectivity index (χ2v) is 5.21. The van der Waals surface area contributed by atoms with Gasteiger partial charge in [0.15, 0.2) is 5.75 Å². The number of aryl methyl sites for hydroxylation is 1. The van der Waals surface area contributed by atoms with Crippen LogP contribution in [0, 0.1) is 6.92 Å². The first-order chi connectivity index (χ1) is 9.60. The molecule has 4 heteroatoms. The van der Waals surface area contributed by atoms with Crippen LogP contribution in [0.1, 0.15) is 42.8 Å². The normalized spacial score (nSPS) is 12.7. The van der Waals surface area contributed by atoms with Crippen molar-refractivity contribution >= 4 is 0 Å². The second kappa shape index (κ2) is 6.09. The zero-order valence-electron chi connectivity index (χ0n) is 12.8. The third-order valence-electron chi connectivity index (χ3n) is 3.57. The van der Waals surface area contributed by atoms with Crippen molar-refractivity contribution in [3.05, 3.63) is 47.3 Å². The summed E-state index contributed by atoms with van der Waals surface area (Å²) in [6.07, 6.45) is 1.79. The molecule has 1 unspecified atom stereocenters. The van der Waals surface area contributed by atoms with Crippen molar-refractivity contribution in [2.75, 3.05) is 14.2 Å². The minimum atomic E-state index is 0.0658. The van der Waals surface area contributed by atoms with E-state index in [9.17, 15) is 0 Å². The van der Waals surface area contributed by atoms with Crippen molar-refractivity contribution in [2.24, 2.45) is 0 Å². The van der Waals surface area contributed by atoms with Gasteiger partial charge in [0, 0.05) is 6.04 Å². The Bertz CT molecular complexity index is 575. The van der Waals surface area contributed by atoms with E-state index in [1.54, 1.807) is 13.3 Å². The summed E-state index contributed by atoms with van der Waals surface area (Å²) in [5.74, 6) is 0.821. The molecule has 0 amide bonds. The molecule has 0 saturated carbocycles. The van der Waals surface area contributed by atoms with E-state index in [-0.39, 0.29) is 12.1 Å². The largest absolute Gasteiger partial charge is 0.493 e. The molecule has 0 aliphatic carbocycles. The predicted molar refractivity (Wildman–Crippen MR) is 81.2 cm³/mol. The highest BCUT2D eigenvalue weighted by atomic mass is 16.5. The van der Waals surface area contributed by atoms with Crippen molar-refractivity contribution < 1.29 is 4.74 Å². The van der Waals surface area contributed by atoms with Gasteiger partial charge in [0.05, 0.1) is 19.3 Å². The lowest BCUT2D eigenvalue weighted by molar-refractivity contribution is 0.396. The van der Waals surface area contributed by atoms with E-state index >= 15 is 0 Å². The minimum Gasteiger partial charge on any atom is -0.493 e. The fourth-order valence-corrected chi connectivity index (χ4v) is 2.55. The molecular weight excluding hydrogens is 250 g/mol. The molecule has 0 bridgehead atoms. The SMILES string of the molecule is CNC(c1ccccc1C)c1c(OC)cnn1C(C)C. The summed E-state index contributed by atoms with van der Waals surface area (Å²) in [6, 6.07) is 8.75. The number of nitrogens with zero attached hydrogens (tertiary/aromatic N) is 2. The first-order valence-electron chi connectivity index (χ1n) is 6.94. The van der Waals surface area contributed by atoms with E-state index in [4.69, 9.17) is 4.74 Å². The number of ether oxygens (including phenoxy) is 1. The van der Waals surface area contributed by atoms with E-state index in [0.717, 1.165) is 11.4 Å². The molecule has 0 fully saturated rings. The number of methoxy groups -OCH3 is 1. The molecule has 0 aliphatic rings. The van der Waals surface area contributed by atoms with E-state index < -0.39 is 0 Å². The van der Waals surface area contributed by atoms with Crippen LogP contribution in [-0.4, -0.2) is 23.9 Å². The summed E-state index contributed by atoms with van der Waals surface area (Å²) in [4.78, 5) is 0. The highest BCUT2D eigenvalue weighted by Crippen LogP contribution is 2.32. The fraction of sp³-hybridized carbons (Fsp3) is 0.438. The number of hydrogen-bond donors (Lipinski definition) is 1. The van der Waals surface area contributed by atoms with Gasteiger partial charge >= 0.3 is 0 Å². The number of benzene rings is 1. The second-order valence-electron chi connectivity index (χ2n) is 5.21. The lowest BCUT2D eigenvalue weighted by Crippen LogP contribution is -2.23. The van der Waals surface area contributed by atoms with Gasteiger partial charge in [0.25, 0.3) is 0 Å². The Kier molecular flexibility index (Phi) is 4.45. The van der Waals surface area contributed by atoms with Gasteiger partial charge in [0.2, 0.25) is 0 Å². The van der Waals surface area contributed by atoms with Gasteiger partial charge in [-0.1, -0.05) is 24.3 Å². The summed E-state index contributed by atoms with van der Waals surface area (Å²) >= 11 is 0. The summed E-state index contributed by atoms with van der Waals surface area (Å²) in [5, 5.41) is 7.85. The van der Waals surface area contributed by atoms with Crippen LogP contribution in [0.2, 0.25) is 0 Å². The monoisotopic (exact) mass is 273 g/mol. The molecule has 0 saturated heterocycles. The predicted octanol–water partition coefficient (Wildman–Crippen LogP) is 3.09. The van der Waals surface area contributed by atoms with Crippen LogP contribution in [0.4, 0.5) is 0 Å². The smallest absolute Gasteiger partial charge is 0.161 e. The Morgan fingerprint density at radius 2 is 1.95 bits per heavy atom. The Hall–Kier alpha value is -1.81. The Morgan fingerprint density at radius 3 is 2.50 bits per heavy atom. The van der Waals surface area contributed by atoms with E-state index in [1.165, 1.54) is 11.1 Å². The van der Waals surface area contributed by atoms with Gasteiger partial charge in [0.1, 0.15) is 5.69 Å². The molecule has 4 nitrogen and oxygen atoms in total. The van der Waals surface area contributed by atoms with Crippen LogP contribution < -0.4 is 10.1 Å². The lowest BCUT2D eigenvalue weighted by atomic mass is 9.98. The Morgan fingerprint density at radius 1 is 1.25 bits per heavy atom. The highest BCUT2D eigenvalue weighted by Gasteiger charge is 2.24. The molecule has 0 spiro atoms. The third kappa shape index (κ3) is 2.56. The van der Waals surface area contributed by atoms with Crippen LogP contribution in [-0.2, 0) is 0 Å². The van der Waals surface area contributed by atoms with Gasteiger partial charge in [-0.2, -0.15) is 5.10 Å². The molecule has 1 heterocycles. The van der Waals surface area contributed by atoms with Crippen molar-refractivity contribution in [3.8, 4) is 5.75 Å². The number of aromatic nitrogens is 2.